The van der Waals surface area contributed by atoms with Crippen LogP contribution in [0.5, 0.6) is 0 Å². The molecule has 1 aliphatic carbocycles. The first-order chi connectivity index (χ1) is 10.0. The highest BCUT2D eigenvalue weighted by molar-refractivity contribution is 5.01. The number of nitrogens with one attached hydrogen (secondary N) is 1. The summed E-state index contributed by atoms with van der Waals surface area (Å²) in [7, 11) is 0. The van der Waals surface area contributed by atoms with E-state index < -0.39 is 12.1 Å². The summed E-state index contributed by atoms with van der Waals surface area (Å²) >= 11 is 0. The molecule has 1 saturated carbocycles. The Hall–Kier alpha value is -1.15. The Balaban J connectivity index is 1.60. The molecule has 1 aromatic heterocycles. The molecule has 2 aliphatic rings. The van der Waals surface area contributed by atoms with Crippen molar-refractivity contribution in [3.8, 4) is 0 Å². The smallest absolute Gasteiger partial charge is 0.378 e. The minimum atomic E-state index is -4.09. The summed E-state index contributed by atoms with van der Waals surface area (Å²) < 4.78 is 48.5. The Kier molecular flexibility index (Phi) is 4.17. The number of hydrogen-bond acceptors (Lipinski definition) is 5. The van der Waals surface area contributed by atoms with Crippen LogP contribution in [0.15, 0.2) is 4.52 Å². The van der Waals surface area contributed by atoms with Crippen LogP contribution in [0.4, 0.5) is 13.2 Å². The number of alkyl halides is 3. The SMILES string of the molecule is FC(F)(F)C1CCC(c2nc(C3COCCN3)no2)CC1. The molecule has 118 valence electrons. The quantitative estimate of drug-likeness (QED) is 0.910. The monoisotopic (exact) mass is 305 g/mol. The molecule has 1 aromatic rings. The zero-order valence-corrected chi connectivity index (χ0v) is 11.5. The summed E-state index contributed by atoms with van der Waals surface area (Å²) in [4.78, 5) is 4.34. The van der Waals surface area contributed by atoms with Crippen LogP contribution in [-0.2, 0) is 4.74 Å². The van der Waals surface area contributed by atoms with Gasteiger partial charge in [-0.1, -0.05) is 5.16 Å². The van der Waals surface area contributed by atoms with E-state index in [0.717, 1.165) is 6.54 Å². The second-order valence-corrected chi connectivity index (χ2v) is 5.66. The lowest BCUT2D eigenvalue weighted by atomic mass is 9.81. The van der Waals surface area contributed by atoms with Crippen LogP contribution in [0.25, 0.3) is 0 Å². The van der Waals surface area contributed by atoms with Gasteiger partial charge in [-0.2, -0.15) is 18.2 Å². The minimum Gasteiger partial charge on any atom is -0.378 e. The van der Waals surface area contributed by atoms with Crippen LogP contribution in [0.1, 0.15) is 49.4 Å². The van der Waals surface area contributed by atoms with E-state index in [1.165, 1.54) is 0 Å². The molecule has 0 radical (unpaired) electrons. The zero-order chi connectivity index (χ0) is 14.9. The van der Waals surface area contributed by atoms with Gasteiger partial charge in [0, 0.05) is 12.5 Å². The van der Waals surface area contributed by atoms with E-state index in [9.17, 15) is 13.2 Å². The van der Waals surface area contributed by atoms with Crippen molar-refractivity contribution in [2.75, 3.05) is 19.8 Å². The van der Waals surface area contributed by atoms with Gasteiger partial charge in [0.05, 0.1) is 25.2 Å². The van der Waals surface area contributed by atoms with E-state index in [-0.39, 0.29) is 24.8 Å². The maximum atomic E-state index is 12.6. The molecule has 1 unspecified atom stereocenters. The maximum Gasteiger partial charge on any atom is 0.391 e. The Morgan fingerprint density at radius 1 is 1.14 bits per heavy atom. The van der Waals surface area contributed by atoms with Gasteiger partial charge < -0.3 is 14.6 Å². The normalized spacial score (nSPS) is 31.3. The fraction of sp³-hybridized carbons (Fsp3) is 0.846. The van der Waals surface area contributed by atoms with Crippen molar-refractivity contribution in [1.29, 1.82) is 0 Å². The Morgan fingerprint density at radius 3 is 2.52 bits per heavy atom. The summed E-state index contributed by atoms with van der Waals surface area (Å²) in [6.07, 6.45) is -2.93. The molecule has 1 saturated heterocycles. The van der Waals surface area contributed by atoms with E-state index in [1.54, 1.807) is 0 Å². The zero-order valence-electron chi connectivity index (χ0n) is 11.5. The average molecular weight is 305 g/mol. The van der Waals surface area contributed by atoms with Crippen LogP contribution in [0.3, 0.4) is 0 Å². The molecule has 3 rings (SSSR count). The molecule has 21 heavy (non-hydrogen) atoms. The van der Waals surface area contributed by atoms with E-state index >= 15 is 0 Å². The Morgan fingerprint density at radius 2 is 1.90 bits per heavy atom. The molecule has 0 amide bonds. The van der Waals surface area contributed by atoms with Crippen LogP contribution >= 0.6 is 0 Å². The van der Waals surface area contributed by atoms with Crippen molar-refractivity contribution < 1.29 is 22.4 Å². The van der Waals surface area contributed by atoms with Gasteiger partial charge >= 0.3 is 6.18 Å². The molecular formula is C13H18F3N3O2. The summed E-state index contributed by atoms with van der Waals surface area (Å²) in [5, 5.41) is 7.15. The largest absolute Gasteiger partial charge is 0.391 e. The predicted molar refractivity (Wildman–Crippen MR) is 66.6 cm³/mol. The summed E-state index contributed by atoms with van der Waals surface area (Å²) in [5.74, 6) is -0.264. The molecule has 2 heterocycles. The highest BCUT2D eigenvalue weighted by Gasteiger charge is 2.42. The molecule has 8 heteroatoms. The lowest BCUT2D eigenvalue weighted by Gasteiger charge is -2.27. The number of halogens is 3. The van der Waals surface area contributed by atoms with Crippen molar-refractivity contribution >= 4 is 0 Å². The van der Waals surface area contributed by atoms with E-state index in [4.69, 9.17) is 9.26 Å². The van der Waals surface area contributed by atoms with E-state index in [2.05, 4.69) is 15.5 Å². The standard InChI is InChI=1S/C13H18F3N3O2/c14-13(15,16)9-3-1-8(2-4-9)12-18-11(19-21-12)10-7-20-6-5-17-10/h8-10,17H,1-7H2. The van der Waals surface area contributed by atoms with E-state index in [1.807, 2.05) is 0 Å². The van der Waals surface area contributed by atoms with Gasteiger partial charge in [0.25, 0.3) is 0 Å². The van der Waals surface area contributed by atoms with Gasteiger partial charge in [-0.3, -0.25) is 0 Å². The molecule has 0 aromatic carbocycles. The molecule has 0 spiro atoms. The molecule has 2 fully saturated rings. The molecule has 5 nitrogen and oxygen atoms in total. The third-order valence-corrected chi connectivity index (χ3v) is 4.23. The summed E-state index contributed by atoms with van der Waals surface area (Å²) in [5.41, 5.74) is 0. The van der Waals surface area contributed by atoms with Crippen LogP contribution < -0.4 is 5.32 Å². The van der Waals surface area contributed by atoms with Crippen molar-refractivity contribution in [1.82, 2.24) is 15.5 Å². The highest BCUT2D eigenvalue weighted by atomic mass is 19.4. The van der Waals surface area contributed by atoms with Crippen molar-refractivity contribution in [3.05, 3.63) is 11.7 Å². The van der Waals surface area contributed by atoms with Gasteiger partial charge in [-0.25, -0.2) is 0 Å². The Labute approximate surface area is 120 Å². The van der Waals surface area contributed by atoms with Crippen molar-refractivity contribution in [2.24, 2.45) is 5.92 Å². The molecule has 1 aliphatic heterocycles. The number of aromatic nitrogens is 2. The van der Waals surface area contributed by atoms with Gasteiger partial charge in [-0.05, 0) is 25.7 Å². The van der Waals surface area contributed by atoms with Crippen molar-refractivity contribution in [3.63, 3.8) is 0 Å². The highest BCUT2D eigenvalue weighted by Crippen LogP contribution is 2.42. The third-order valence-electron chi connectivity index (χ3n) is 4.23. The average Bonchev–Trinajstić information content (AvgIpc) is 2.97. The fourth-order valence-corrected chi connectivity index (χ4v) is 2.95. The Bertz CT molecular complexity index is 463. The summed E-state index contributed by atoms with van der Waals surface area (Å²) in [6, 6.07) is -0.0947. The second-order valence-electron chi connectivity index (χ2n) is 5.66. The number of hydrogen-bond donors (Lipinski definition) is 1. The van der Waals surface area contributed by atoms with Gasteiger partial charge in [-0.15, -0.1) is 0 Å². The number of nitrogens with zero attached hydrogens (tertiary/aromatic N) is 2. The van der Waals surface area contributed by atoms with Gasteiger partial charge in [0.2, 0.25) is 5.89 Å². The third kappa shape index (κ3) is 3.37. The number of rotatable bonds is 2. The lowest BCUT2D eigenvalue weighted by Crippen LogP contribution is -2.35. The molecule has 0 bridgehead atoms. The van der Waals surface area contributed by atoms with Gasteiger partial charge in [0.15, 0.2) is 5.82 Å². The van der Waals surface area contributed by atoms with Crippen LogP contribution in [0, 0.1) is 5.92 Å². The maximum absolute atomic E-state index is 12.6. The van der Waals surface area contributed by atoms with Crippen molar-refractivity contribution in [2.45, 2.75) is 43.8 Å². The number of ether oxygens (including phenoxy) is 1. The first-order valence-corrected chi connectivity index (χ1v) is 7.25. The lowest BCUT2D eigenvalue weighted by molar-refractivity contribution is -0.182. The second kappa shape index (κ2) is 5.92. The fourth-order valence-electron chi connectivity index (χ4n) is 2.95. The van der Waals surface area contributed by atoms with Crippen LogP contribution in [0.2, 0.25) is 0 Å². The predicted octanol–water partition coefficient (Wildman–Crippen LogP) is 2.57. The molecule has 1 atom stereocenters. The first kappa shape index (κ1) is 14.8. The number of morpholine rings is 1. The summed E-state index contributed by atoms with van der Waals surface area (Å²) in [6.45, 7) is 1.87. The molecule has 1 N–H and O–H groups in total. The topological polar surface area (TPSA) is 60.2 Å². The van der Waals surface area contributed by atoms with Gasteiger partial charge in [0.1, 0.15) is 0 Å². The van der Waals surface area contributed by atoms with Crippen LogP contribution in [-0.4, -0.2) is 36.1 Å². The van der Waals surface area contributed by atoms with E-state index in [0.29, 0.717) is 37.8 Å². The minimum absolute atomic E-state index is 0.0608. The molecular weight excluding hydrogens is 287 g/mol. The first-order valence-electron chi connectivity index (χ1n) is 7.25.